The number of aromatic nitrogens is 5. The molecular formula is C25H26N8O. The molecule has 2 aliphatic rings. The van der Waals surface area contributed by atoms with E-state index in [-0.39, 0.29) is 12.5 Å². The van der Waals surface area contributed by atoms with Crippen LogP contribution in [0, 0.1) is 6.92 Å². The van der Waals surface area contributed by atoms with Gasteiger partial charge in [-0.1, -0.05) is 0 Å². The molecule has 0 saturated carbocycles. The van der Waals surface area contributed by atoms with Crippen molar-refractivity contribution < 1.29 is 4.79 Å². The van der Waals surface area contributed by atoms with E-state index in [1.165, 1.54) is 29.7 Å². The molecule has 0 fully saturated rings. The Bertz CT molecular complexity index is 1440. The molecule has 4 N–H and O–H groups in total. The van der Waals surface area contributed by atoms with E-state index in [4.69, 9.17) is 10.7 Å². The van der Waals surface area contributed by atoms with Crippen molar-refractivity contribution in [3.05, 3.63) is 53.1 Å². The van der Waals surface area contributed by atoms with Gasteiger partial charge in [0.1, 0.15) is 18.2 Å². The number of carbonyl (C=O) groups is 1. The second kappa shape index (κ2) is 8.09. The number of anilines is 3. The van der Waals surface area contributed by atoms with E-state index in [0.29, 0.717) is 24.0 Å². The molecule has 6 rings (SSSR count). The average Bonchev–Trinajstić information content (AvgIpc) is 3.10. The minimum Gasteiger partial charge on any atom is -0.383 e. The summed E-state index contributed by atoms with van der Waals surface area (Å²) in [6.07, 6.45) is 8.93. The number of fused-ring (bicyclic) bond motifs is 3. The number of nitrogens with one attached hydrogen (secondary N) is 2. The number of amides is 1. The summed E-state index contributed by atoms with van der Waals surface area (Å²) in [7, 11) is 0. The molecule has 1 aliphatic heterocycles. The SMILES string of the molecule is Cc1c(-c2cc3cc(Nc4cc5n(n4)CC(=O)NCC5)ncc3c(N)n2)cnc2c1CCCC2. The summed E-state index contributed by atoms with van der Waals surface area (Å²) in [4.78, 5) is 25.7. The highest BCUT2D eigenvalue weighted by molar-refractivity contribution is 5.95. The first kappa shape index (κ1) is 20.6. The molecule has 4 aromatic rings. The Hall–Kier alpha value is -4.01. The third-order valence-electron chi connectivity index (χ3n) is 6.78. The Labute approximate surface area is 196 Å². The fraction of sp³-hybridized carbons (Fsp3) is 0.320. The maximum absolute atomic E-state index is 11.8. The molecule has 0 aromatic carbocycles. The van der Waals surface area contributed by atoms with Crippen LogP contribution in [0.3, 0.4) is 0 Å². The number of carbonyl (C=O) groups excluding carboxylic acids is 1. The molecule has 4 aromatic heterocycles. The number of hydrogen-bond donors (Lipinski definition) is 3. The average molecular weight is 455 g/mol. The number of nitrogen functional groups attached to an aromatic ring is 1. The highest BCUT2D eigenvalue weighted by Crippen LogP contribution is 2.33. The first-order valence-electron chi connectivity index (χ1n) is 11.7. The second-order valence-electron chi connectivity index (χ2n) is 9.02. The van der Waals surface area contributed by atoms with E-state index in [1.54, 1.807) is 10.9 Å². The van der Waals surface area contributed by atoms with Gasteiger partial charge in [0, 0.05) is 53.8 Å². The lowest BCUT2D eigenvalue weighted by molar-refractivity contribution is -0.121. The number of rotatable bonds is 3. The zero-order valence-electron chi connectivity index (χ0n) is 19.1. The van der Waals surface area contributed by atoms with Gasteiger partial charge in [0.15, 0.2) is 5.82 Å². The van der Waals surface area contributed by atoms with Crippen molar-refractivity contribution in [2.24, 2.45) is 0 Å². The summed E-state index contributed by atoms with van der Waals surface area (Å²) in [6, 6.07) is 5.96. The predicted molar refractivity (Wildman–Crippen MR) is 131 cm³/mol. The van der Waals surface area contributed by atoms with Gasteiger partial charge in [0.2, 0.25) is 5.91 Å². The van der Waals surface area contributed by atoms with Gasteiger partial charge in [0.05, 0.1) is 5.69 Å². The maximum atomic E-state index is 11.8. The minimum atomic E-state index is -0.0281. The zero-order chi connectivity index (χ0) is 23.2. The van der Waals surface area contributed by atoms with Crippen LogP contribution in [0.4, 0.5) is 17.5 Å². The number of nitrogens with two attached hydrogens (primary N) is 1. The minimum absolute atomic E-state index is 0.0281. The topological polar surface area (TPSA) is 124 Å². The molecule has 0 atom stereocenters. The van der Waals surface area contributed by atoms with Crippen molar-refractivity contribution in [2.45, 2.75) is 45.6 Å². The molecule has 1 amide bonds. The molecular weight excluding hydrogens is 428 g/mol. The molecule has 5 heterocycles. The van der Waals surface area contributed by atoms with Gasteiger partial charge in [-0.25, -0.2) is 9.97 Å². The van der Waals surface area contributed by atoms with Crippen LogP contribution in [0.5, 0.6) is 0 Å². The molecule has 0 radical (unpaired) electrons. The summed E-state index contributed by atoms with van der Waals surface area (Å²) in [5, 5.41) is 12.4. The van der Waals surface area contributed by atoms with Gasteiger partial charge in [-0.2, -0.15) is 5.10 Å². The van der Waals surface area contributed by atoms with E-state index in [1.807, 2.05) is 24.4 Å². The van der Waals surface area contributed by atoms with Gasteiger partial charge in [-0.15, -0.1) is 0 Å². The largest absolute Gasteiger partial charge is 0.383 e. The smallest absolute Gasteiger partial charge is 0.241 e. The molecule has 34 heavy (non-hydrogen) atoms. The van der Waals surface area contributed by atoms with Crippen LogP contribution in [0.2, 0.25) is 0 Å². The van der Waals surface area contributed by atoms with Crippen LogP contribution in [0.15, 0.2) is 30.6 Å². The predicted octanol–water partition coefficient (Wildman–Crippen LogP) is 3.07. The first-order valence-corrected chi connectivity index (χ1v) is 11.7. The lowest BCUT2D eigenvalue weighted by atomic mass is 9.90. The van der Waals surface area contributed by atoms with Crippen LogP contribution in [-0.4, -0.2) is 37.2 Å². The normalized spacial score (nSPS) is 15.4. The van der Waals surface area contributed by atoms with Crippen LogP contribution in [-0.2, 0) is 30.6 Å². The van der Waals surface area contributed by atoms with E-state index in [2.05, 4.69) is 32.6 Å². The van der Waals surface area contributed by atoms with Crippen molar-refractivity contribution in [3.63, 3.8) is 0 Å². The van der Waals surface area contributed by atoms with E-state index < -0.39 is 0 Å². The van der Waals surface area contributed by atoms with Crippen molar-refractivity contribution in [1.82, 2.24) is 30.0 Å². The Morgan fingerprint density at radius 1 is 1.06 bits per heavy atom. The molecule has 0 unspecified atom stereocenters. The Morgan fingerprint density at radius 3 is 2.85 bits per heavy atom. The van der Waals surface area contributed by atoms with Crippen molar-refractivity contribution >= 4 is 34.1 Å². The highest BCUT2D eigenvalue weighted by Gasteiger charge is 2.18. The number of hydrogen-bond acceptors (Lipinski definition) is 7. The fourth-order valence-electron chi connectivity index (χ4n) is 4.98. The van der Waals surface area contributed by atoms with E-state index >= 15 is 0 Å². The lowest BCUT2D eigenvalue weighted by Gasteiger charge is -2.19. The monoisotopic (exact) mass is 454 g/mol. The Kier molecular flexibility index (Phi) is 4.90. The summed E-state index contributed by atoms with van der Waals surface area (Å²) < 4.78 is 1.73. The Morgan fingerprint density at radius 2 is 1.94 bits per heavy atom. The maximum Gasteiger partial charge on any atom is 0.241 e. The molecule has 9 heteroatoms. The van der Waals surface area contributed by atoms with Crippen molar-refractivity contribution in [1.29, 1.82) is 0 Å². The third-order valence-corrected chi connectivity index (χ3v) is 6.78. The van der Waals surface area contributed by atoms with Crippen LogP contribution in [0.1, 0.15) is 35.4 Å². The highest BCUT2D eigenvalue weighted by atomic mass is 16.2. The number of pyridine rings is 3. The van der Waals surface area contributed by atoms with Crippen molar-refractivity contribution in [3.8, 4) is 11.3 Å². The standard InChI is InChI=1S/C25H26N8O/c1-14-17-4-2-3-5-20(17)28-11-18(14)21-8-15-9-22(29-12-19(15)25(26)30-21)31-23-10-16-6-7-27-24(34)13-33(16)32-23/h8-12H,2-7,13H2,1H3,(H2,26,30)(H,27,34)(H,29,31,32). The number of nitrogens with zero attached hydrogens (tertiary/aromatic N) is 5. The van der Waals surface area contributed by atoms with Crippen LogP contribution >= 0.6 is 0 Å². The third kappa shape index (κ3) is 3.63. The van der Waals surface area contributed by atoms with E-state index in [9.17, 15) is 4.79 Å². The van der Waals surface area contributed by atoms with Gasteiger partial charge in [-0.3, -0.25) is 14.5 Å². The molecule has 0 spiro atoms. The molecule has 172 valence electrons. The summed E-state index contributed by atoms with van der Waals surface area (Å²) >= 11 is 0. The first-order chi connectivity index (χ1) is 16.5. The quantitative estimate of drug-likeness (QED) is 0.435. The summed E-state index contributed by atoms with van der Waals surface area (Å²) in [5.41, 5.74) is 13.0. The van der Waals surface area contributed by atoms with Crippen LogP contribution < -0.4 is 16.4 Å². The Balaban J connectivity index is 1.35. The zero-order valence-corrected chi connectivity index (χ0v) is 19.1. The van der Waals surface area contributed by atoms with Crippen LogP contribution in [0.25, 0.3) is 22.0 Å². The van der Waals surface area contributed by atoms with Crippen molar-refractivity contribution in [2.75, 3.05) is 17.6 Å². The van der Waals surface area contributed by atoms with Gasteiger partial charge >= 0.3 is 0 Å². The summed E-state index contributed by atoms with van der Waals surface area (Å²) in [6.45, 7) is 3.00. The van der Waals surface area contributed by atoms with Gasteiger partial charge < -0.3 is 16.4 Å². The molecule has 1 aliphatic carbocycles. The molecule has 9 nitrogen and oxygen atoms in total. The van der Waals surface area contributed by atoms with E-state index in [0.717, 1.165) is 47.0 Å². The number of aryl methyl sites for hydroxylation is 1. The summed E-state index contributed by atoms with van der Waals surface area (Å²) in [5.74, 6) is 1.73. The van der Waals surface area contributed by atoms with Gasteiger partial charge in [0.25, 0.3) is 0 Å². The fourth-order valence-corrected chi connectivity index (χ4v) is 4.98. The lowest BCUT2D eigenvalue weighted by Crippen LogP contribution is -2.25. The molecule has 0 bridgehead atoms. The van der Waals surface area contributed by atoms with Gasteiger partial charge in [-0.05, 0) is 61.3 Å². The molecule has 0 saturated heterocycles. The second-order valence-corrected chi connectivity index (χ2v) is 9.02.